The van der Waals surface area contributed by atoms with Crippen LogP contribution < -0.4 is 0 Å². The van der Waals surface area contributed by atoms with Gasteiger partial charge in [0.2, 0.25) is 0 Å². The molecule has 0 atom stereocenters. The minimum Gasteiger partial charge on any atom is -0.126 e. The Hall–Kier alpha value is -0.430. The molecule has 2 rings (SSSR count). The summed E-state index contributed by atoms with van der Waals surface area (Å²) in [5, 5.41) is 0. The molecule has 1 aliphatic heterocycles. The molecule has 0 spiro atoms. The van der Waals surface area contributed by atoms with E-state index in [2.05, 4.69) is 24.3 Å². The van der Waals surface area contributed by atoms with Gasteiger partial charge in [-0.3, -0.25) is 0 Å². The van der Waals surface area contributed by atoms with E-state index >= 15 is 0 Å². The number of benzene rings is 1. The van der Waals surface area contributed by atoms with Crippen molar-refractivity contribution in [3.8, 4) is 0 Å². The Bertz CT molecular complexity index is 241. The smallest absolute Gasteiger partial charge is 0.0104 e. The molecular weight excluding hydrogens is 176 g/mol. The normalized spacial score (nSPS) is 18.2. The van der Waals surface area contributed by atoms with Gasteiger partial charge in [-0.15, -0.1) is 11.8 Å². The van der Waals surface area contributed by atoms with Crippen LogP contribution in [0.1, 0.15) is 31.2 Å². The molecule has 0 saturated carbocycles. The van der Waals surface area contributed by atoms with E-state index < -0.39 is 0 Å². The van der Waals surface area contributed by atoms with Gasteiger partial charge in [0.1, 0.15) is 0 Å². The number of aryl methyl sites for hydroxylation is 1. The fourth-order valence-corrected chi connectivity index (χ4v) is 2.90. The second kappa shape index (κ2) is 4.71. The zero-order chi connectivity index (χ0) is 8.93. The van der Waals surface area contributed by atoms with Crippen LogP contribution in [0.25, 0.3) is 0 Å². The van der Waals surface area contributed by atoms with Gasteiger partial charge in [0.15, 0.2) is 0 Å². The Kier molecular flexibility index (Phi) is 3.31. The topological polar surface area (TPSA) is 0 Å². The van der Waals surface area contributed by atoms with Crippen LogP contribution in [0.5, 0.6) is 0 Å². The van der Waals surface area contributed by atoms with E-state index in [-0.39, 0.29) is 0 Å². The summed E-state index contributed by atoms with van der Waals surface area (Å²) in [5.74, 6) is 1.30. The van der Waals surface area contributed by atoms with E-state index in [1.165, 1.54) is 42.8 Å². The molecule has 1 aromatic rings. The first-order valence-electron chi connectivity index (χ1n) is 5.17. The Morgan fingerprint density at radius 3 is 2.77 bits per heavy atom. The number of hydrogen-bond donors (Lipinski definition) is 0. The lowest BCUT2D eigenvalue weighted by Gasteiger charge is -2.05. The van der Waals surface area contributed by atoms with Gasteiger partial charge in [-0.25, -0.2) is 0 Å². The van der Waals surface area contributed by atoms with E-state index in [9.17, 15) is 0 Å². The molecule has 0 amide bonds. The Morgan fingerprint density at radius 2 is 1.77 bits per heavy atom. The van der Waals surface area contributed by atoms with Crippen LogP contribution >= 0.6 is 11.8 Å². The average Bonchev–Trinajstić information content (AvgIpc) is 2.28. The molecule has 0 bridgehead atoms. The number of rotatable bonds is 0. The third kappa shape index (κ3) is 2.50. The first-order chi connectivity index (χ1) is 6.47. The van der Waals surface area contributed by atoms with Crippen molar-refractivity contribution in [2.75, 3.05) is 5.75 Å². The summed E-state index contributed by atoms with van der Waals surface area (Å²) in [5.41, 5.74) is 1.56. The molecule has 0 nitrogen and oxygen atoms in total. The summed E-state index contributed by atoms with van der Waals surface area (Å²) < 4.78 is 0. The quantitative estimate of drug-likeness (QED) is 0.601. The van der Waals surface area contributed by atoms with Gasteiger partial charge in [0, 0.05) is 4.90 Å². The predicted molar refractivity (Wildman–Crippen MR) is 59.3 cm³/mol. The molecule has 0 fully saturated rings. The summed E-state index contributed by atoms with van der Waals surface area (Å²) in [6.07, 6.45) is 6.87. The van der Waals surface area contributed by atoms with Gasteiger partial charge in [-0.2, -0.15) is 0 Å². The van der Waals surface area contributed by atoms with Gasteiger partial charge in [0.25, 0.3) is 0 Å². The second-order valence-electron chi connectivity index (χ2n) is 3.62. The van der Waals surface area contributed by atoms with Crippen LogP contribution in [0.4, 0.5) is 0 Å². The fraction of sp³-hybridized carbons (Fsp3) is 0.500. The SMILES string of the molecule is c1ccc2c(c1)CCCCCCS2. The highest BCUT2D eigenvalue weighted by molar-refractivity contribution is 7.99. The zero-order valence-corrected chi connectivity index (χ0v) is 8.78. The Labute approximate surface area is 84.7 Å². The third-order valence-electron chi connectivity index (χ3n) is 2.57. The number of fused-ring (bicyclic) bond motifs is 1. The van der Waals surface area contributed by atoms with Crippen molar-refractivity contribution < 1.29 is 0 Å². The van der Waals surface area contributed by atoms with Crippen LogP contribution in [-0.2, 0) is 6.42 Å². The van der Waals surface area contributed by atoms with Crippen LogP contribution in [0, 0.1) is 0 Å². The molecule has 1 aliphatic rings. The largest absolute Gasteiger partial charge is 0.126 e. The lowest BCUT2D eigenvalue weighted by atomic mass is 10.1. The van der Waals surface area contributed by atoms with E-state index in [0.717, 1.165) is 0 Å². The third-order valence-corrected chi connectivity index (χ3v) is 3.77. The maximum Gasteiger partial charge on any atom is 0.0104 e. The first kappa shape index (κ1) is 9.14. The molecular formula is C12H16S. The van der Waals surface area contributed by atoms with Crippen molar-refractivity contribution in [1.29, 1.82) is 0 Å². The summed E-state index contributed by atoms with van der Waals surface area (Å²) in [6, 6.07) is 8.87. The second-order valence-corrected chi connectivity index (χ2v) is 4.76. The summed E-state index contributed by atoms with van der Waals surface area (Å²) in [7, 11) is 0. The van der Waals surface area contributed by atoms with Crippen molar-refractivity contribution in [1.82, 2.24) is 0 Å². The molecule has 0 aromatic heterocycles. The van der Waals surface area contributed by atoms with Crippen LogP contribution in [0.3, 0.4) is 0 Å². The van der Waals surface area contributed by atoms with Gasteiger partial charge in [-0.05, 0) is 36.6 Å². The molecule has 1 aromatic carbocycles. The van der Waals surface area contributed by atoms with Crippen molar-refractivity contribution in [2.45, 2.75) is 37.0 Å². The van der Waals surface area contributed by atoms with E-state index in [4.69, 9.17) is 0 Å². The summed E-state index contributed by atoms with van der Waals surface area (Å²) in [4.78, 5) is 1.52. The minimum absolute atomic E-state index is 1.28. The predicted octanol–water partition coefficient (Wildman–Crippen LogP) is 3.90. The lowest BCUT2D eigenvalue weighted by Crippen LogP contribution is -1.86. The molecule has 70 valence electrons. The summed E-state index contributed by atoms with van der Waals surface area (Å²) in [6.45, 7) is 0. The fourth-order valence-electron chi connectivity index (χ4n) is 1.80. The standard InChI is InChI=1S/C12H16S/c1-2-6-10-13-12-9-5-4-8-11(12)7-3-1/h4-5,8-9H,1-3,6-7,10H2. The molecule has 0 N–H and O–H groups in total. The van der Waals surface area contributed by atoms with Gasteiger partial charge in [-0.1, -0.05) is 31.0 Å². The Balaban J connectivity index is 2.17. The average molecular weight is 192 g/mol. The molecule has 0 aliphatic carbocycles. The van der Waals surface area contributed by atoms with E-state index in [0.29, 0.717) is 0 Å². The van der Waals surface area contributed by atoms with Gasteiger partial charge >= 0.3 is 0 Å². The molecule has 1 heteroatoms. The lowest BCUT2D eigenvalue weighted by molar-refractivity contribution is 0.671. The minimum atomic E-state index is 1.28. The zero-order valence-electron chi connectivity index (χ0n) is 7.96. The number of hydrogen-bond acceptors (Lipinski definition) is 1. The van der Waals surface area contributed by atoms with E-state index in [1.54, 1.807) is 5.56 Å². The van der Waals surface area contributed by atoms with Gasteiger partial charge < -0.3 is 0 Å². The highest BCUT2D eigenvalue weighted by Crippen LogP contribution is 2.27. The van der Waals surface area contributed by atoms with Crippen LogP contribution in [0.2, 0.25) is 0 Å². The van der Waals surface area contributed by atoms with E-state index in [1.807, 2.05) is 11.8 Å². The molecule has 0 unspecified atom stereocenters. The molecule has 0 radical (unpaired) electrons. The van der Waals surface area contributed by atoms with Crippen molar-refractivity contribution in [2.24, 2.45) is 0 Å². The van der Waals surface area contributed by atoms with Crippen LogP contribution in [-0.4, -0.2) is 5.75 Å². The monoisotopic (exact) mass is 192 g/mol. The van der Waals surface area contributed by atoms with Crippen molar-refractivity contribution in [3.05, 3.63) is 29.8 Å². The Morgan fingerprint density at radius 1 is 0.923 bits per heavy atom. The van der Waals surface area contributed by atoms with Gasteiger partial charge in [0.05, 0.1) is 0 Å². The van der Waals surface area contributed by atoms with Crippen molar-refractivity contribution >= 4 is 11.8 Å². The first-order valence-corrected chi connectivity index (χ1v) is 6.16. The summed E-state index contributed by atoms with van der Waals surface area (Å²) >= 11 is 2.04. The highest BCUT2D eigenvalue weighted by Gasteiger charge is 2.04. The number of thioether (sulfide) groups is 1. The highest BCUT2D eigenvalue weighted by atomic mass is 32.2. The molecule has 1 heterocycles. The van der Waals surface area contributed by atoms with Crippen molar-refractivity contribution in [3.63, 3.8) is 0 Å². The van der Waals surface area contributed by atoms with Crippen LogP contribution in [0.15, 0.2) is 29.2 Å². The maximum absolute atomic E-state index is 2.29. The molecule has 0 saturated heterocycles. The molecule has 13 heavy (non-hydrogen) atoms. The maximum atomic E-state index is 2.29.